The first-order valence-electron chi connectivity index (χ1n) is 2.83. The standard InChI is InChI=1S/C5H12N2/c1-6-7-4-5-2-3-5/h5-7H,2-4H2,1H3. The zero-order valence-electron chi connectivity index (χ0n) is 4.70. The molecule has 2 nitrogen and oxygen atoms in total. The predicted molar refractivity (Wildman–Crippen MR) is 29.8 cm³/mol. The van der Waals surface area contributed by atoms with Gasteiger partial charge in [-0.1, -0.05) is 0 Å². The van der Waals surface area contributed by atoms with Crippen LogP contribution in [0.4, 0.5) is 0 Å². The molecule has 0 bridgehead atoms. The van der Waals surface area contributed by atoms with Crippen molar-refractivity contribution in [3.05, 3.63) is 0 Å². The summed E-state index contributed by atoms with van der Waals surface area (Å²) in [5.74, 6) is 0.979. The lowest BCUT2D eigenvalue weighted by Crippen LogP contribution is -2.29. The van der Waals surface area contributed by atoms with Crippen LogP contribution in [0.1, 0.15) is 12.8 Å². The van der Waals surface area contributed by atoms with Gasteiger partial charge in [0.2, 0.25) is 0 Å². The first-order chi connectivity index (χ1) is 3.43. The number of hydrogen-bond donors (Lipinski definition) is 2. The summed E-state index contributed by atoms with van der Waals surface area (Å²) >= 11 is 0. The zero-order chi connectivity index (χ0) is 5.11. The van der Waals surface area contributed by atoms with E-state index < -0.39 is 0 Å². The Kier molecular flexibility index (Phi) is 1.65. The Labute approximate surface area is 44.3 Å². The van der Waals surface area contributed by atoms with Crippen molar-refractivity contribution in [1.82, 2.24) is 10.9 Å². The molecule has 0 radical (unpaired) electrons. The molecule has 1 rings (SSSR count). The zero-order valence-corrected chi connectivity index (χ0v) is 4.70. The minimum absolute atomic E-state index is 0.979. The molecule has 1 saturated carbocycles. The van der Waals surface area contributed by atoms with E-state index in [4.69, 9.17) is 0 Å². The summed E-state index contributed by atoms with van der Waals surface area (Å²) in [6.07, 6.45) is 2.85. The Balaban J connectivity index is 1.80. The molecule has 2 heteroatoms. The molecule has 0 heterocycles. The molecule has 0 saturated heterocycles. The molecule has 0 atom stereocenters. The second kappa shape index (κ2) is 2.28. The third-order valence-electron chi connectivity index (χ3n) is 1.26. The summed E-state index contributed by atoms with van der Waals surface area (Å²) in [5.41, 5.74) is 5.95. The van der Waals surface area contributed by atoms with Gasteiger partial charge in [0.15, 0.2) is 0 Å². The maximum atomic E-state index is 3.06. The van der Waals surface area contributed by atoms with Gasteiger partial charge >= 0.3 is 0 Å². The van der Waals surface area contributed by atoms with Gasteiger partial charge in [-0.25, -0.2) is 0 Å². The molecular formula is C5H12N2. The van der Waals surface area contributed by atoms with Crippen LogP contribution in [0.3, 0.4) is 0 Å². The van der Waals surface area contributed by atoms with Gasteiger partial charge in [0.05, 0.1) is 0 Å². The van der Waals surface area contributed by atoms with Gasteiger partial charge in [-0.2, -0.15) is 0 Å². The molecule has 0 amide bonds. The summed E-state index contributed by atoms with van der Waals surface area (Å²) in [6.45, 7) is 1.15. The first-order valence-corrected chi connectivity index (χ1v) is 2.83. The van der Waals surface area contributed by atoms with Gasteiger partial charge in [0, 0.05) is 6.54 Å². The molecule has 7 heavy (non-hydrogen) atoms. The Hall–Kier alpha value is -0.0800. The van der Waals surface area contributed by atoms with Gasteiger partial charge in [-0.15, -0.1) is 0 Å². The molecule has 0 aromatic rings. The summed E-state index contributed by atoms with van der Waals surface area (Å²) in [6, 6.07) is 0. The second-order valence-electron chi connectivity index (χ2n) is 2.07. The fourth-order valence-electron chi connectivity index (χ4n) is 0.568. The monoisotopic (exact) mass is 100 g/mol. The van der Waals surface area contributed by atoms with Crippen LogP contribution in [0, 0.1) is 5.92 Å². The van der Waals surface area contributed by atoms with Gasteiger partial charge in [-0.3, -0.25) is 10.9 Å². The molecule has 1 aliphatic rings. The predicted octanol–water partition coefficient (Wildman–Crippen LogP) is 0.120. The molecular weight excluding hydrogens is 88.1 g/mol. The minimum atomic E-state index is 0.979. The van der Waals surface area contributed by atoms with E-state index in [1.165, 1.54) is 12.8 Å². The average Bonchev–Trinajstić information content (AvgIpc) is 2.42. The maximum absolute atomic E-state index is 3.06. The largest absolute Gasteiger partial charge is 0.261 e. The van der Waals surface area contributed by atoms with Crippen molar-refractivity contribution < 1.29 is 0 Å². The third-order valence-corrected chi connectivity index (χ3v) is 1.26. The molecule has 0 aromatic carbocycles. The Bertz CT molecular complexity index is 50.0. The molecule has 2 N–H and O–H groups in total. The highest BCUT2D eigenvalue weighted by atomic mass is 15.3. The van der Waals surface area contributed by atoms with Crippen LogP contribution >= 0.6 is 0 Å². The highest BCUT2D eigenvalue weighted by molar-refractivity contribution is 4.73. The number of hydrogen-bond acceptors (Lipinski definition) is 2. The van der Waals surface area contributed by atoms with E-state index in [-0.39, 0.29) is 0 Å². The molecule has 0 spiro atoms. The Morgan fingerprint density at radius 1 is 1.57 bits per heavy atom. The van der Waals surface area contributed by atoms with Crippen LogP contribution < -0.4 is 10.9 Å². The fourth-order valence-corrected chi connectivity index (χ4v) is 0.568. The van der Waals surface area contributed by atoms with E-state index in [0.717, 1.165) is 12.5 Å². The van der Waals surface area contributed by atoms with E-state index in [1.54, 1.807) is 0 Å². The lowest BCUT2D eigenvalue weighted by Gasteiger charge is -1.96. The lowest BCUT2D eigenvalue weighted by atomic mass is 10.4. The summed E-state index contributed by atoms with van der Waals surface area (Å²) < 4.78 is 0. The van der Waals surface area contributed by atoms with E-state index >= 15 is 0 Å². The highest BCUT2D eigenvalue weighted by Crippen LogP contribution is 2.27. The average molecular weight is 100 g/mol. The number of nitrogens with one attached hydrogen (secondary N) is 2. The van der Waals surface area contributed by atoms with E-state index in [0.29, 0.717) is 0 Å². The van der Waals surface area contributed by atoms with Crippen molar-refractivity contribution in [3.8, 4) is 0 Å². The van der Waals surface area contributed by atoms with Crippen molar-refractivity contribution in [1.29, 1.82) is 0 Å². The first kappa shape index (κ1) is 5.06. The van der Waals surface area contributed by atoms with Gasteiger partial charge in [0.1, 0.15) is 0 Å². The van der Waals surface area contributed by atoms with Gasteiger partial charge in [0.25, 0.3) is 0 Å². The molecule has 1 fully saturated rings. The fraction of sp³-hybridized carbons (Fsp3) is 1.00. The van der Waals surface area contributed by atoms with E-state index in [1.807, 2.05) is 7.05 Å². The molecule has 1 aliphatic carbocycles. The summed E-state index contributed by atoms with van der Waals surface area (Å²) in [5, 5.41) is 0. The maximum Gasteiger partial charge on any atom is 0.0128 e. The third kappa shape index (κ3) is 1.90. The van der Waals surface area contributed by atoms with Gasteiger partial charge in [-0.05, 0) is 25.8 Å². The van der Waals surface area contributed by atoms with Crippen LogP contribution in [0.15, 0.2) is 0 Å². The normalized spacial score (nSPS) is 20.1. The molecule has 0 aromatic heterocycles. The molecule has 0 aliphatic heterocycles. The Morgan fingerprint density at radius 3 is 2.71 bits per heavy atom. The topological polar surface area (TPSA) is 24.1 Å². The molecule has 42 valence electrons. The van der Waals surface area contributed by atoms with Crippen LogP contribution in [0.5, 0.6) is 0 Å². The summed E-state index contributed by atoms with van der Waals surface area (Å²) in [7, 11) is 1.91. The molecule has 0 unspecified atom stereocenters. The van der Waals surface area contributed by atoms with Crippen molar-refractivity contribution in [3.63, 3.8) is 0 Å². The SMILES string of the molecule is CNNCC1CC1. The smallest absolute Gasteiger partial charge is 0.0128 e. The van der Waals surface area contributed by atoms with E-state index in [2.05, 4.69) is 10.9 Å². The summed E-state index contributed by atoms with van der Waals surface area (Å²) in [4.78, 5) is 0. The van der Waals surface area contributed by atoms with Crippen LogP contribution in [-0.4, -0.2) is 13.6 Å². The van der Waals surface area contributed by atoms with Crippen molar-refractivity contribution in [2.45, 2.75) is 12.8 Å². The number of rotatable bonds is 3. The van der Waals surface area contributed by atoms with Crippen molar-refractivity contribution >= 4 is 0 Å². The quantitative estimate of drug-likeness (QED) is 0.492. The van der Waals surface area contributed by atoms with E-state index in [9.17, 15) is 0 Å². The minimum Gasteiger partial charge on any atom is -0.261 e. The van der Waals surface area contributed by atoms with Crippen LogP contribution in [-0.2, 0) is 0 Å². The van der Waals surface area contributed by atoms with Crippen molar-refractivity contribution in [2.24, 2.45) is 5.92 Å². The highest BCUT2D eigenvalue weighted by Gasteiger charge is 2.19. The Morgan fingerprint density at radius 2 is 2.29 bits per heavy atom. The lowest BCUT2D eigenvalue weighted by molar-refractivity contribution is 0.564. The van der Waals surface area contributed by atoms with Crippen LogP contribution in [0.2, 0.25) is 0 Å². The number of hydrazine groups is 1. The van der Waals surface area contributed by atoms with Crippen LogP contribution in [0.25, 0.3) is 0 Å². The van der Waals surface area contributed by atoms with Crippen molar-refractivity contribution in [2.75, 3.05) is 13.6 Å². The van der Waals surface area contributed by atoms with Gasteiger partial charge < -0.3 is 0 Å². The second-order valence-corrected chi connectivity index (χ2v) is 2.07.